The molecule has 1 saturated carbocycles. The maximum absolute atomic E-state index is 12.5. The second kappa shape index (κ2) is 9.23. The van der Waals surface area contributed by atoms with Crippen LogP contribution < -0.4 is 10.0 Å². The Labute approximate surface area is 169 Å². The summed E-state index contributed by atoms with van der Waals surface area (Å²) in [7, 11) is -3.85. The normalized spacial score (nSPS) is 15.8. The van der Waals surface area contributed by atoms with Crippen LogP contribution in [0.2, 0.25) is 0 Å². The zero-order valence-electron chi connectivity index (χ0n) is 16.1. The second-order valence-electron chi connectivity index (χ2n) is 6.97. The lowest BCUT2D eigenvalue weighted by molar-refractivity contribution is -0.129. The molecular weight excluding hydrogens is 396 g/mol. The first-order chi connectivity index (χ1) is 13.8. The fourth-order valence-corrected chi connectivity index (χ4v) is 4.16. The summed E-state index contributed by atoms with van der Waals surface area (Å²) in [6.07, 6.45) is 4.49. The van der Waals surface area contributed by atoms with Gasteiger partial charge in [-0.1, -0.05) is 18.9 Å². The number of carbonyl (C=O) groups is 2. The van der Waals surface area contributed by atoms with Crippen LogP contribution in [0.1, 0.15) is 48.7 Å². The van der Waals surface area contributed by atoms with E-state index in [1.807, 2.05) is 0 Å². The summed E-state index contributed by atoms with van der Waals surface area (Å²) in [5.41, 5.74) is 0.0476. The minimum Gasteiger partial charge on any atom is -0.468 e. The van der Waals surface area contributed by atoms with E-state index in [1.165, 1.54) is 37.5 Å². The van der Waals surface area contributed by atoms with Crippen molar-refractivity contribution in [2.24, 2.45) is 0 Å². The van der Waals surface area contributed by atoms with Crippen LogP contribution >= 0.6 is 0 Å². The Morgan fingerprint density at radius 3 is 2.66 bits per heavy atom. The van der Waals surface area contributed by atoms with Crippen molar-refractivity contribution < 1.29 is 27.2 Å². The summed E-state index contributed by atoms with van der Waals surface area (Å²) in [5, 5.41) is 2.87. The SMILES string of the molecule is C[C@@H](OC(=O)c1cccc(S(=O)(=O)NCc2ccco2)c1)C(=O)NC1CCCC1. The monoisotopic (exact) mass is 420 g/mol. The molecule has 9 heteroatoms. The number of hydrogen-bond acceptors (Lipinski definition) is 6. The molecule has 0 spiro atoms. The van der Waals surface area contributed by atoms with Crippen LogP contribution in [0.5, 0.6) is 0 Å². The predicted octanol–water partition coefficient (Wildman–Crippen LogP) is 2.36. The van der Waals surface area contributed by atoms with Crippen LogP contribution in [0.4, 0.5) is 0 Å². The summed E-state index contributed by atoms with van der Waals surface area (Å²) >= 11 is 0. The van der Waals surface area contributed by atoms with E-state index in [4.69, 9.17) is 9.15 Å². The molecule has 2 aromatic rings. The quantitative estimate of drug-likeness (QED) is 0.634. The number of rotatable bonds is 8. The summed E-state index contributed by atoms with van der Waals surface area (Å²) < 4.78 is 37.6. The summed E-state index contributed by atoms with van der Waals surface area (Å²) in [4.78, 5) is 24.5. The van der Waals surface area contributed by atoms with Crippen LogP contribution in [-0.4, -0.2) is 32.4 Å². The number of nitrogens with one attached hydrogen (secondary N) is 2. The summed E-state index contributed by atoms with van der Waals surface area (Å²) in [5.74, 6) is -0.650. The summed E-state index contributed by atoms with van der Waals surface area (Å²) in [6.45, 7) is 1.48. The largest absolute Gasteiger partial charge is 0.468 e. The number of hydrogen-bond donors (Lipinski definition) is 2. The van der Waals surface area contributed by atoms with E-state index in [0.717, 1.165) is 25.7 Å². The van der Waals surface area contributed by atoms with E-state index in [-0.39, 0.29) is 29.0 Å². The van der Waals surface area contributed by atoms with Crippen LogP contribution in [-0.2, 0) is 26.1 Å². The summed E-state index contributed by atoms with van der Waals surface area (Å²) in [6, 6.07) is 8.90. The molecule has 2 N–H and O–H groups in total. The van der Waals surface area contributed by atoms with E-state index in [0.29, 0.717) is 5.76 Å². The molecule has 0 radical (unpaired) electrons. The molecule has 1 heterocycles. The van der Waals surface area contributed by atoms with Crippen molar-refractivity contribution in [3.8, 4) is 0 Å². The zero-order valence-corrected chi connectivity index (χ0v) is 16.9. The Morgan fingerprint density at radius 2 is 1.97 bits per heavy atom. The highest BCUT2D eigenvalue weighted by Gasteiger charge is 2.24. The van der Waals surface area contributed by atoms with Crippen molar-refractivity contribution >= 4 is 21.9 Å². The van der Waals surface area contributed by atoms with Gasteiger partial charge >= 0.3 is 5.97 Å². The average Bonchev–Trinajstić information content (AvgIpc) is 3.40. The van der Waals surface area contributed by atoms with Gasteiger partial charge in [-0.2, -0.15) is 0 Å². The average molecular weight is 420 g/mol. The van der Waals surface area contributed by atoms with E-state index >= 15 is 0 Å². The first kappa shape index (κ1) is 21.1. The van der Waals surface area contributed by atoms with Crippen molar-refractivity contribution in [2.45, 2.75) is 56.2 Å². The number of furan rings is 1. The molecule has 1 fully saturated rings. The first-order valence-corrected chi connectivity index (χ1v) is 11.0. The number of esters is 1. The van der Waals surface area contributed by atoms with Crippen LogP contribution in [0.25, 0.3) is 0 Å². The van der Waals surface area contributed by atoms with Crippen molar-refractivity contribution in [1.82, 2.24) is 10.0 Å². The molecule has 1 atom stereocenters. The van der Waals surface area contributed by atoms with Crippen LogP contribution in [0, 0.1) is 0 Å². The van der Waals surface area contributed by atoms with E-state index < -0.39 is 22.1 Å². The van der Waals surface area contributed by atoms with Gasteiger partial charge in [0.15, 0.2) is 6.10 Å². The number of benzene rings is 1. The van der Waals surface area contributed by atoms with Gasteiger partial charge in [-0.15, -0.1) is 0 Å². The smallest absolute Gasteiger partial charge is 0.338 e. The molecule has 0 unspecified atom stereocenters. The Hall–Kier alpha value is -2.65. The van der Waals surface area contributed by atoms with Gasteiger partial charge in [0.05, 0.1) is 23.3 Å². The maximum Gasteiger partial charge on any atom is 0.338 e. The Balaban J connectivity index is 1.61. The Bertz CT molecular complexity index is 949. The van der Waals surface area contributed by atoms with E-state index in [9.17, 15) is 18.0 Å². The molecule has 1 aliphatic rings. The fraction of sp³-hybridized carbons (Fsp3) is 0.400. The molecule has 1 aliphatic carbocycles. The number of sulfonamides is 1. The zero-order chi connectivity index (χ0) is 20.9. The van der Waals surface area contributed by atoms with Gasteiger partial charge in [-0.3, -0.25) is 4.79 Å². The van der Waals surface area contributed by atoms with Gasteiger partial charge in [-0.05, 0) is 50.1 Å². The third-order valence-electron chi connectivity index (χ3n) is 4.75. The number of ether oxygens (including phenoxy) is 1. The van der Waals surface area contributed by atoms with Crippen molar-refractivity contribution in [2.75, 3.05) is 0 Å². The number of amides is 1. The molecule has 1 aromatic heterocycles. The molecule has 8 nitrogen and oxygen atoms in total. The van der Waals surface area contributed by atoms with Crippen molar-refractivity contribution in [1.29, 1.82) is 0 Å². The van der Waals surface area contributed by atoms with Gasteiger partial charge in [0.1, 0.15) is 5.76 Å². The third kappa shape index (κ3) is 5.68. The molecule has 0 aliphatic heterocycles. The lowest BCUT2D eigenvalue weighted by Gasteiger charge is -2.17. The van der Waals surface area contributed by atoms with Gasteiger partial charge in [-0.25, -0.2) is 17.9 Å². The minimum absolute atomic E-state index is 0.0115. The standard InChI is InChI=1S/C20H24N2O6S/c1-14(19(23)22-16-7-2-3-8-16)28-20(24)15-6-4-10-18(12-15)29(25,26)21-13-17-9-5-11-27-17/h4-6,9-12,14,16,21H,2-3,7-8,13H2,1H3,(H,22,23)/t14-/m1/s1. The lowest BCUT2D eigenvalue weighted by Crippen LogP contribution is -2.40. The van der Waals surface area contributed by atoms with Gasteiger partial charge < -0.3 is 14.5 Å². The van der Waals surface area contributed by atoms with Crippen LogP contribution in [0.3, 0.4) is 0 Å². The Kier molecular flexibility index (Phi) is 6.71. The molecule has 1 aromatic carbocycles. The van der Waals surface area contributed by atoms with E-state index in [2.05, 4.69) is 10.0 Å². The Morgan fingerprint density at radius 1 is 1.21 bits per heavy atom. The lowest BCUT2D eigenvalue weighted by atomic mass is 10.2. The van der Waals surface area contributed by atoms with Crippen LogP contribution in [0.15, 0.2) is 52.0 Å². The van der Waals surface area contributed by atoms with Gasteiger partial charge in [0.25, 0.3) is 5.91 Å². The fourth-order valence-electron chi connectivity index (χ4n) is 3.12. The highest BCUT2D eigenvalue weighted by atomic mass is 32.2. The maximum atomic E-state index is 12.5. The van der Waals surface area contributed by atoms with Crippen molar-refractivity contribution in [3.05, 3.63) is 54.0 Å². The minimum atomic E-state index is -3.85. The molecule has 29 heavy (non-hydrogen) atoms. The third-order valence-corrected chi connectivity index (χ3v) is 6.15. The van der Waals surface area contributed by atoms with Gasteiger partial charge in [0, 0.05) is 6.04 Å². The first-order valence-electron chi connectivity index (χ1n) is 9.48. The molecule has 156 valence electrons. The molecule has 3 rings (SSSR count). The topological polar surface area (TPSA) is 115 Å². The molecular formula is C20H24N2O6S. The predicted molar refractivity (Wildman–Crippen MR) is 104 cm³/mol. The molecule has 0 saturated heterocycles. The molecule has 1 amide bonds. The highest BCUT2D eigenvalue weighted by Crippen LogP contribution is 2.18. The number of carbonyl (C=O) groups excluding carboxylic acids is 2. The van der Waals surface area contributed by atoms with Gasteiger partial charge in [0.2, 0.25) is 10.0 Å². The van der Waals surface area contributed by atoms with Crippen molar-refractivity contribution in [3.63, 3.8) is 0 Å². The van der Waals surface area contributed by atoms with E-state index in [1.54, 1.807) is 12.1 Å². The molecule has 0 bridgehead atoms. The highest BCUT2D eigenvalue weighted by molar-refractivity contribution is 7.89. The second-order valence-corrected chi connectivity index (χ2v) is 8.74.